The number of anilines is 2. The van der Waals surface area contributed by atoms with Gasteiger partial charge in [-0.3, -0.25) is 4.72 Å². The lowest BCUT2D eigenvalue weighted by Gasteiger charge is -2.22. The van der Waals surface area contributed by atoms with E-state index in [1.54, 1.807) is 4.90 Å². The Balaban J connectivity index is 2.11. The van der Waals surface area contributed by atoms with Crippen molar-refractivity contribution in [2.45, 2.75) is 23.9 Å². The number of nitrogens with zero attached hydrogens (tertiary/aromatic N) is 5. The first-order chi connectivity index (χ1) is 14.5. The van der Waals surface area contributed by atoms with Crippen LogP contribution in [0.5, 0.6) is 0 Å². The number of sulfonamides is 1. The molecule has 3 rings (SSSR count). The van der Waals surface area contributed by atoms with Crippen LogP contribution in [0, 0.1) is 11.9 Å². The van der Waals surface area contributed by atoms with Crippen LogP contribution < -0.4 is 9.62 Å². The predicted molar refractivity (Wildman–Crippen MR) is 107 cm³/mol. The molecule has 0 unspecified atom stereocenters. The SMILES string of the molecule is CSc1c(F)c(N2CCCC2)cc(NS(=O)(=O)CC(F)(F)F)c1N=Nc1nc(F)ns1. The molecule has 0 atom stereocenters. The summed E-state index contributed by atoms with van der Waals surface area (Å²) in [7, 11) is -4.88. The fourth-order valence-corrected chi connectivity index (χ4v) is 4.93. The highest BCUT2D eigenvalue weighted by Gasteiger charge is 2.36. The Hall–Kier alpha value is -2.07. The Bertz CT molecular complexity index is 1080. The quantitative estimate of drug-likeness (QED) is 0.330. The molecule has 0 bridgehead atoms. The second kappa shape index (κ2) is 9.20. The summed E-state index contributed by atoms with van der Waals surface area (Å²) in [4.78, 5) is 4.85. The summed E-state index contributed by atoms with van der Waals surface area (Å²) in [6.07, 6.45) is -2.99. The van der Waals surface area contributed by atoms with Crippen molar-refractivity contribution in [3.63, 3.8) is 0 Å². The molecule has 1 aromatic heterocycles. The van der Waals surface area contributed by atoms with Crippen LogP contribution >= 0.6 is 23.3 Å². The topological polar surface area (TPSA) is 99.9 Å². The van der Waals surface area contributed by atoms with Gasteiger partial charge in [0.25, 0.3) is 5.13 Å². The van der Waals surface area contributed by atoms with Gasteiger partial charge in [0.15, 0.2) is 11.6 Å². The van der Waals surface area contributed by atoms with Crippen LogP contribution in [0.3, 0.4) is 0 Å². The van der Waals surface area contributed by atoms with Gasteiger partial charge >= 0.3 is 12.3 Å². The maximum atomic E-state index is 15.2. The summed E-state index contributed by atoms with van der Waals surface area (Å²) in [5.41, 5.74) is -0.701. The van der Waals surface area contributed by atoms with Gasteiger partial charge in [-0.15, -0.1) is 26.4 Å². The van der Waals surface area contributed by atoms with Crippen molar-refractivity contribution < 1.29 is 30.4 Å². The zero-order valence-electron chi connectivity index (χ0n) is 15.8. The Morgan fingerprint density at radius 2 is 1.94 bits per heavy atom. The summed E-state index contributed by atoms with van der Waals surface area (Å²) >= 11 is 1.41. The molecular formula is C15H15F5N6O2S3. The summed E-state index contributed by atoms with van der Waals surface area (Å²) in [5, 5.41) is 7.13. The van der Waals surface area contributed by atoms with E-state index < -0.39 is 33.8 Å². The first kappa shape index (κ1) is 23.6. The first-order valence-corrected chi connectivity index (χ1v) is 12.3. The number of thioether (sulfide) groups is 1. The van der Waals surface area contributed by atoms with Gasteiger partial charge in [-0.1, -0.05) is 0 Å². The third-order valence-corrected chi connectivity index (χ3v) is 6.67. The van der Waals surface area contributed by atoms with Crippen LogP contribution in [0.1, 0.15) is 12.8 Å². The van der Waals surface area contributed by atoms with E-state index in [1.807, 2.05) is 4.72 Å². The molecule has 1 aromatic carbocycles. The molecule has 1 aliphatic rings. The van der Waals surface area contributed by atoms with Gasteiger partial charge in [0.1, 0.15) is 5.69 Å². The van der Waals surface area contributed by atoms with Crippen LogP contribution in [0.25, 0.3) is 0 Å². The second-order valence-electron chi connectivity index (χ2n) is 6.36. The van der Waals surface area contributed by atoms with E-state index in [0.29, 0.717) is 24.6 Å². The Labute approximate surface area is 182 Å². The van der Waals surface area contributed by atoms with Crippen molar-refractivity contribution in [3.8, 4) is 0 Å². The fraction of sp³-hybridized carbons (Fsp3) is 0.467. The maximum absolute atomic E-state index is 15.2. The largest absolute Gasteiger partial charge is 0.404 e. The lowest BCUT2D eigenvalue weighted by atomic mass is 10.2. The third-order valence-electron chi connectivity index (χ3n) is 4.07. The normalized spacial score (nSPS) is 15.2. The van der Waals surface area contributed by atoms with Gasteiger partial charge in [0.2, 0.25) is 10.0 Å². The number of rotatable bonds is 7. The third kappa shape index (κ3) is 6.00. The maximum Gasteiger partial charge on any atom is 0.404 e. The Morgan fingerprint density at radius 3 is 2.48 bits per heavy atom. The highest BCUT2D eigenvalue weighted by Crippen LogP contribution is 2.44. The zero-order chi connectivity index (χ0) is 22.8. The van der Waals surface area contributed by atoms with Gasteiger partial charge in [-0.05, 0) is 25.2 Å². The average molecular weight is 503 g/mol. The monoisotopic (exact) mass is 502 g/mol. The molecule has 31 heavy (non-hydrogen) atoms. The lowest BCUT2D eigenvalue weighted by Crippen LogP contribution is -2.28. The molecule has 1 fully saturated rings. The van der Waals surface area contributed by atoms with Crippen molar-refractivity contribution in [2.75, 3.05) is 34.7 Å². The Morgan fingerprint density at radius 1 is 1.26 bits per heavy atom. The summed E-state index contributed by atoms with van der Waals surface area (Å²) in [6.45, 7) is 1.01. The average Bonchev–Trinajstić information content (AvgIpc) is 3.31. The minimum absolute atomic E-state index is 0.0347. The van der Waals surface area contributed by atoms with Crippen LogP contribution in [0.2, 0.25) is 0 Å². The molecule has 0 radical (unpaired) electrons. The highest BCUT2D eigenvalue weighted by atomic mass is 32.2. The molecule has 2 aromatic rings. The van der Waals surface area contributed by atoms with Crippen molar-refractivity contribution in [3.05, 3.63) is 18.0 Å². The van der Waals surface area contributed by atoms with Gasteiger partial charge in [0.05, 0.1) is 16.3 Å². The number of nitrogens with one attached hydrogen (secondary N) is 1. The Kier molecular flexibility index (Phi) is 7.00. The smallest absolute Gasteiger partial charge is 0.369 e. The second-order valence-corrected chi connectivity index (χ2v) is 9.62. The molecule has 8 nitrogen and oxygen atoms in total. The summed E-state index contributed by atoms with van der Waals surface area (Å²) in [5.74, 6) is -2.85. The van der Waals surface area contributed by atoms with E-state index in [2.05, 4.69) is 19.6 Å². The van der Waals surface area contributed by atoms with Crippen molar-refractivity contribution in [1.29, 1.82) is 0 Å². The van der Waals surface area contributed by atoms with E-state index in [9.17, 15) is 26.0 Å². The number of halogens is 5. The number of hydrogen-bond donors (Lipinski definition) is 1. The van der Waals surface area contributed by atoms with Crippen molar-refractivity contribution in [2.24, 2.45) is 10.2 Å². The number of azo groups is 1. The minimum atomic E-state index is -4.99. The van der Waals surface area contributed by atoms with Crippen molar-refractivity contribution in [1.82, 2.24) is 9.36 Å². The van der Waals surface area contributed by atoms with Gasteiger partial charge in [-0.25, -0.2) is 12.8 Å². The molecule has 1 saturated heterocycles. The molecule has 0 aliphatic carbocycles. The molecule has 1 aliphatic heterocycles. The number of aromatic nitrogens is 2. The van der Waals surface area contributed by atoms with Crippen molar-refractivity contribution >= 4 is 55.5 Å². The number of hydrogen-bond acceptors (Lipinski definition) is 9. The zero-order valence-corrected chi connectivity index (χ0v) is 18.2. The minimum Gasteiger partial charge on any atom is -0.369 e. The number of benzene rings is 1. The molecule has 0 amide bonds. The standard InChI is InChI=1S/C15H15F5N6O2S3/c1-29-12-10(16)9(26-4-2-3-5-26)6-8(25-31(27,28)7-15(18,19)20)11(12)22-23-14-21-13(17)24-30-14/h6,25H,2-5,7H2,1H3. The molecule has 16 heteroatoms. The molecular weight excluding hydrogens is 487 g/mol. The summed E-state index contributed by atoms with van der Waals surface area (Å²) < 4.78 is 95.4. The molecule has 0 saturated carbocycles. The van der Waals surface area contributed by atoms with Gasteiger partial charge < -0.3 is 4.90 Å². The van der Waals surface area contributed by atoms with E-state index in [1.165, 1.54) is 6.26 Å². The fourth-order valence-electron chi connectivity index (χ4n) is 2.91. The molecule has 170 valence electrons. The molecule has 0 spiro atoms. The predicted octanol–water partition coefficient (Wildman–Crippen LogP) is 4.86. The molecule has 1 N–H and O–H groups in total. The number of alkyl halides is 3. The lowest BCUT2D eigenvalue weighted by molar-refractivity contribution is -0.106. The van der Waals surface area contributed by atoms with Crippen LogP contribution in [-0.2, 0) is 10.0 Å². The molecule has 2 heterocycles. The first-order valence-electron chi connectivity index (χ1n) is 8.63. The van der Waals surface area contributed by atoms with Crippen LogP contribution in [0.15, 0.2) is 21.2 Å². The highest BCUT2D eigenvalue weighted by molar-refractivity contribution is 7.98. The van der Waals surface area contributed by atoms with Crippen LogP contribution in [-0.4, -0.2) is 49.0 Å². The van der Waals surface area contributed by atoms with Gasteiger partial charge in [-0.2, -0.15) is 22.5 Å². The van der Waals surface area contributed by atoms with E-state index in [4.69, 9.17) is 0 Å². The van der Waals surface area contributed by atoms with Crippen LogP contribution in [0.4, 0.5) is 44.1 Å². The summed E-state index contributed by atoms with van der Waals surface area (Å²) in [6, 6.07) is 1.09. The van der Waals surface area contributed by atoms with E-state index in [0.717, 1.165) is 30.7 Å². The van der Waals surface area contributed by atoms with E-state index in [-0.39, 0.29) is 27.1 Å². The van der Waals surface area contributed by atoms with E-state index >= 15 is 4.39 Å². The van der Waals surface area contributed by atoms with Gasteiger partial charge in [0, 0.05) is 24.6 Å².